The molecule has 0 atom stereocenters. The van der Waals surface area contributed by atoms with Crippen molar-refractivity contribution in [1.29, 1.82) is 0 Å². The second-order valence-electron chi connectivity index (χ2n) is 6.15. The summed E-state index contributed by atoms with van der Waals surface area (Å²) in [5.74, 6) is 1.94. The van der Waals surface area contributed by atoms with E-state index in [0.717, 1.165) is 11.1 Å². The van der Waals surface area contributed by atoms with Crippen LogP contribution in [-0.4, -0.2) is 28.1 Å². The van der Waals surface area contributed by atoms with Gasteiger partial charge in [0.25, 0.3) is 0 Å². The average molecular weight is 405 g/mol. The van der Waals surface area contributed by atoms with E-state index >= 15 is 0 Å². The van der Waals surface area contributed by atoms with Crippen LogP contribution >= 0.6 is 23.8 Å². The lowest BCUT2D eigenvalue weighted by molar-refractivity contribution is 0.230. The van der Waals surface area contributed by atoms with E-state index in [-0.39, 0.29) is 6.10 Å². The molecular weight excluding hydrogens is 384 g/mol. The number of H-pyrrole nitrogens is 1. The summed E-state index contributed by atoms with van der Waals surface area (Å²) >= 11 is 11.8. The molecule has 0 unspecified atom stereocenters. The molecule has 0 aliphatic rings. The number of nitrogens with one attached hydrogen (secondary N) is 2. The molecule has 6 nitrogen and oxygen atoms in total. The molecule has 0 saturated heterocycles. The summed E-state index contributed by atoms with van der Waals surface area (Å²) in [7, 11) is 1.60. The Morgan fingerprint density at radius 3 is 2.63 bits per heavy atom. The number of hydrogen-bond donors (Lipinski definition) is 2. The number of hydrogen-bond acceptors (Lipinski definition) is 5. The summed E-state index contributed by atoms with van der Waals surface area (Å²) in [6, 6.07) is 13.4. The van der Waals surface area contributed by atoms with Crippen LogP contribution in [-0.2, 0) is 6.54 Å². The molecule has 0 aliphatic carbocycles. The molecular formula is C19H21ClN4O2S. The smallest absolute Gasteiger partial charge is 0.214 e. The molecule has 0 fully saturated rings. The maximum atomic E-state index is 6.44. The lowest BCUT2D eigenvalue weighted by Gasteiger charge is -2.17. The van der Waals surface area contributed by atoms with E-state index in [0.29, 0.717) is 33.7 Å². The van der Waals surface area contributed by atoms with Gasteiger partial charge in [-0.3, -0.25) is 0 Å². The predicted molar refractivity (Wildman–Crippen MR) is 110 cm³/mol. The zero-order valence-corrected chi connectivity index (χ0v) is 16.9. The lowest BCUT2D eigenvalue weighted by atomic mass is 10.2. The van der Waals surface area contributed by atoms with Gasteiger partial charge < -0.3 is 14.9 Å². The van der Waals surface area contributed by atoms with Crippen molar-refractivity contribution in [2.24, 2.45) is 0 Å². The zero-order valence-electron chi connectivity index (χ0n) is 15.3. The lowest BCUT2D eigenvalue weighted by Crippen LogP contribution is -2.16. The first-order chi connectivity index (χ1) is 13.0. The van der Waals surface area contributed by atoms with Crippen LogP contribution in [0.2, 0.25) is 5.02 Å². The van der Waals surface area contributed by atoms with Gasteiger partial charge in [0.15, 0.2) is 17.3 Å². The molecule has 1 heterocycles. The van der Waals surface area contributed by atoms with Crippen molar-refractivity contribution in [1.82, 2.24) is 14.9 Å². The van der Waals surface area contributed by atoms with E-state index in [2.05, 4.69) is 15.6 Å². The molecule has 8 heteroatoms. The van der Waals surface area contributed by atoms with Gasteiger partial charge in [0.2, 0.25) is 4.77 Å². The third-order valence-corrected chi connectivity index (χ3v) is 4.45. The number of halogens is 1. The number of rotatable bonds is 7. The Hall–Kier alpha value is -2.51. The van der Waals surface area contributed by atoms with Crippen LogP contribution in [0.5, 0.6) is 11.5 Å². The topological polar surface area (TPSA) is 64.1 Å². The molecule has 0 radical (unpaired) electrons. The molecule has 2 N–H and O–H groups in total. The molecule has 0 saturated carbocycles. The van der Waals surface area contributed by atoms with Gasteiger partial charge in [0, 0.05) is 16.7 Å². The number of aromatic nitrogens is 3. The fraction of sp³-hybridized carbons (Fsp3) is 0.263. The van der Waals surface area contributed by atoms with Crippen molar-refractivity contribution in [3.63, 3.8) is 0 Å². The van der Waals surface area contributed by atoms with Crippen LogP contribution in [0.1, 0.15) is 19.4 Å². The van der Waals surface area contributed by atoms with Crippen LogP contribution in [0.15, 0.2) is 42.5 Å². The number of aromatic amines is 1. The fourth-order valence-electron chi connectivity index (χ4n) is 2.61. The normalized spacial score (nSPS) is 10.9. The Morgan fingerprint density at radius 2 is 1.96 bits per heavy atom. The Morgan fingerprint density at radius 1 is 1.22 bits per heavy atom. The minimum atomic E-state index is 0.0247. The van der Waals surface area contributed by atoms with Crippen LogP contribution in [0.3, 0.4) is 0 Å². The van der Waals surface area contributed by atoms with Crippen molar-refractivity contribution in [3.05, 3.63) is 57.8 Å². The highest BCUT2D eigenvalue weighted by Crippen LogP contribution is 2.34. The second-order valence-corrected chi connectivity index (χ2v) is 6.94. The van der Waals surface area contributed by atoms with Crippen LogP contribution in [0, 0.1) is 4.77 Å². The van der Waals surface area contributed by atoms with E-state index in [4.69, 9.17) is 33.3 Å². The largest absolute Gasteiger partial charge is 0.493 e. The van der Waals surface area contributed by atoms with Crippen LogP contribution in [0.4, 0.5) is 0 Å². The van der Waals surface area contributed by atoms with Gasteiger partial charge in [-0.15, -0.1) is 0 Å². The van der Waals surface area contributed by atoms with Gasteiger partial charge in [0.1, 0.15) is 0 Å². The summed E-state index contributed by atoms with van der Waals surface area (Å²) in [5.41, 5.74) is 5.07. The summed E-state index contributed by atoms with van der Waals surface area (Å²) in [6.07, 6.45) is 0.0247. The van der Waals surface area contributed by atoms with Crippen molar-refractivity contribution in [3.8, 4) is 22.9 Å². The van der Waals surface area contributed by atoms with E-state index in [1.807, 2.05) is 50.2 Å². The van der Waals surface area contributed by atoms with Crippen molar-refractivity contribution >= 4 is 23.8 Å². The molecule has 1 aromatic heterocycles. The third-order valence-electron chi connectivity index (χ3n) is 3.83. The highest BCUT2D eigenvalue weighted by Gasteiger charge is 2.13. The molecule has 0 amide bonds. The number of benzene rings is 2. The minimum Gasteiger partial charge on any atom is -0.493 e. The van der Waals surface area contributed by atoms with E-state index in [1.54, 1.807) is 17.9 Å². The first kappa shape index (κ1) is 19.3. The first-order valence-corrected chi connectivity index (χ1v) is 9.28. The SMILES string of the molecule is COc1cc(CNn2c(-c3ccccc3)n[nH]c2=S)c(Cl)cc1OC(C)C. The Kier molecular flexibility index (Phi) is 6.03. The van der Waals surface area contributed by atoms with E-state index in [9.17, 15) is 0 Å². The highest BCUT2D eigenvalue weighted by molar-refractivity contribution is 7.71. The van der Waals surface area contributed by atoms with Gasteiger partial charge in [-0.2, -0.15) is 5.10 Å². The average Bonchev–Trinajstić information content (AvgIpc) is 3.02. The Balaban J connectivity index is 1.86. The molecule has 0 aliphatic heterocycles. The number of nitrogens with zero attached hydrogens (tertiary/aromatic N) is 2. The van der Waals surface area contributed by atoms with Crippen molar-refractivity contribution in [2.45, 2.75) is 26.5 Å². The minimum absolute atomic E-state index is 0.0247. The first-order valence-electron chi connectivity index (χ1n) is 8.49. The molecule has 0 spiro atoms. The monoisotopic (exact) mass is 404 g/mol. The van der Waals surface area contributed by atoms with Crippen LogP contribution < -0.4 is 14.9 Å². The predicted octanol–water partition coefficient (Wildman–Crippen LogP) is 4.80. The molecule has 3 rings (SSSR count). The third kappa shape index (κ3) is 4.43. The van der Waals surface area contributed by atoms with Gasteiger partial charge in [-0.1, -0.05) is 41.9 Å². The maximum Gasteiger partial charge on any atom is 0.214 e. The second kappa shape index (κ2) is 8.45. The van der Waals surface area contributed by atoms with E-state index < -0.39 is 0 Å². The van der Waals surface area contributed by atoms with E-state index in [1.165, 1.54) is 0 Å². The van der Waals surface area contributed by atoms with Crippen LogP contribution in [0.25, 0.3) is 11.4 Å². The molecule has 0 bridgehead atoms. The quantitative estimate of drug-likeness (QED) is 0.554. The molecule has 2 aromatic carbocycles. The maximum absolute atomic E-state index is 6.44. The Labute approximate surface area is 168 Å². The number of methoxy groups -OCH3 is 1. The molecule has 27 heavy (non-hydrogen) atoms. The fourth-order valence-corrected chi connectivity index (χ4v) is 3.02. The molecule has 142 valence electrons. The standard InChI is InChI=1S/C19H21ClN4O2S/c1-12(2)26-17-10-15(20)14(9-16(17)25-3)11-21-24-18(22-23-19(24)27)13-7-5-4-6-8-13/h4-10,12,21H,11H2,1-3H3,(H,23,27). The Bertz CT molecular complexity index is 970. The van der Waals surface area contributed by atoms with Crippen molar-refractivity contribution < 1.29 is 9.47 Å². The highest BCUT2D eigenvalue weighted by atomic mass is 35.5. The summed E-state index contributed by atoms with van der Waals surface area (Å²) in [6.45, 7) is 4.34. The van der Waals surface area contributed by atoms with Crippen molar-refractivity contribution in [2.75, 3.05) is 12.5 Å². The van der Waals surface area contributed by atoms with Gasteiger partial charge in [-0.25, -0.2) is 9.77 Å². The summed E-state index contributed by atoms with van der Waals surface area (Å²) in [4.78, 5) is 0. The summed E-state index contributed by atoms with van der Waals surface area (Å²) in [5, 5.41) is 7.70. The van der Waals surface area contributed by atoms with Gasteiger partial charge in [-0.05, 0) is 37.7 Å². The summed E-state index contributed by atoms with van der Waals surface area (Å²) < 4.78 is 13.4. The van der Waals surface area contributed by atoms with Gasteiger partial charge in [0.05, 0.1) is 19.8 Å². The molecule has 3 aromatic rings. The number of ether oxygens (including phenoxy) is 2. The zero-order chi connectivity index (χ0) is 19.4. The van der Waals surface area contributed by atoms with Gasteiger partial charge >= 0.3 is 0 Å².